The van der Waals surface area contributed by atoms with Crippen molar-refractivity contribution < 1.29 is 32.2 Å². The molecule has 216 valence electrons. The van der Waals surface area contributed by atoms with E-state index < -0.39 is 18.5 Å². The van der Waals surface area contributed by atoms with Crippen LogP contribution in [0.4, 0.5) is 28.9 Å². The second kappa shape index (κ2) is 12.0. The van der Waals surface area contributed by atoms with Gasteiger partial charge in [-0.15, -0.1) is 18.3 Å². The second-order valence-electron chi connectivity index (χ2n) is 8.95. The number of thioether (sulfide) groups is 1. The fourth-order valence-electron chi connectivity index (χ4n) is 3.91. The van der Waals surface area contributed by atoms with E-state index in [1.54, 1.807) is 55.5 Å². The number of anilines is 2. The summed E-state index contributed by atoms with van der Waals surface area (Å²) in [7, 11) is 0. The molecule has 9 nitrogen and oxygen atoms in total. The molecule has 4 aromatic rings. The van der Waals surface area contributed by atoms with Gasteiger partial charge in [0.15, 0.2) is 11.0 Å². The average molecular weight is 599 g/mol. The number of alkyl halides is 3. The third kappa shape index (κ3) is 7.14. The molecule has 1 amide bonds. The van der Waals surface area contributed by atoms with Crippen molar-refractivity contribution in [3.05, 3.63) is 95.8 Å². The number of carbonyl (C=O) groups is 1. The number of aryl methyl sites for hydroxylation is 1. The van der Waals surface area contributed by atoms with Crippen molar-refractivity contribution in [2.75, 3.05) is 16.0 Å². The Labute approximate surface area is 241 Å². The molecule has 2 heterocycles. The van der Waals surface area contributed by atoms with Gasteiger partial charge in [-0.1, -0.05) is 36.0 Å². The molecule has 0 radical (unpaired) electrons. The van der Waals surface area contributed by atoms with Gasteiger partial charge in [0.25, 0.3) is 0 Å². The van der Waals surface area contributed by atoms with Crippen molar-refractivity contribution in [3.63, 3.8) is 0 Å². The van der Waals surface area contributed by atoms with E-state index in [1.165, 1.54) is 46.2 Å². The summed E-state index contributed by atoms with van der Waals surface area (Å²) in [5.41, 5.74) is 2.71. The smallest absolute Gasteiger partial charge is 0.406 e. The molecule has 1 aromatic heterocycles. The van der Waals surface area contributed by atoms with E-state index in [0.717, 1.165) is 22.9 Å². The summed E-state index contributed by atoms with van der Waals surface area (Å²) in [4.78, 5) is 21.9. The molecule has 0 saturated carbocycles. The van der Waals surface area contributed by atoms with Gasteiger partial charge in [-0.05, 0) is 72.7 Å². The summed E-state index contributed by atoms with van der Waals surface area (Å²) >= 11 is 1.11. The first-order valence-electron chi connectivity index (χ1n) is 12.3. The number of rotatable bonds is 8. The molecule has 5 rings (SSSR count). The lowest BCUT2D eigenvalue weighted by atomic mass is 10.2. The summed E-state index contributed by atoms with van der Waals surface area (Å²) in [6, 6.07) is 16.6. The van der Waals surface area contributed by atoms with Crippen molar-refractivity contribution in [3.8, 4) is 11.4 Å². The van der Waals surface area contributed by atoms with Crippen LogP contribution in [0.1, 0.15) is 17.0 Å². The van der Waals surface area contributed by atoms with E-state index in [-0.39, 0.29) is 28.3 Å². The highest BCUT2D eigenvalue weighted by atomic mass is 32.2. The van der Waals surface area contributed by atoms with Crippen LogP contribution in [-0.4, -0.2) is 49.4 Å². The maximum Gasteiger partial charge on any atom is 0.573 e. The Morgan fingerprint density at radius 3 is 2.55 bits per heavy atom. The first-order chi connectivity index (χ1) is 20.0. The first-order valence-corrected chi connectivity index (χ1v) is 13.3. The minimum Gasteiger partial charge on any atom is -0.406 e. The number of nitrogens with zero attached hydrogens (tertiary/aromatic N) is 5. The molecule has 1 fully saturated rings. The molecule has 1 aliphatic heterocycles. The summed E-state index contributed by atoms with van der Waals surface area (Å²) in [6.45, 7) is 1.79. The lowest BCUT2D eigenvalue weighted by molar-refractivity contribution is -0.274. The Bertz CT molecular complexity index is 1640. The monoisotopic (exact) mass is 598 g/mol. The van der Waals surface area contributed by atoms with Crippen molar-refractivity contribution in [1.82, 2.24) is 14.8 Å². The number of nitrogens with one attached hydrogen (secondary N) is 1. The van der Waals surface area contributed by atoms with Gasteiger partial charge in [-0.25, -0.2) is 19.0 Å². The van der Waals surface area contributed by atoms with Gasteiger partial charge >= 0.3 is 6.36 Å². The summed E-state index contributed by atoms with van der Waals surface area (Å²) in [5, 5.41) is 17.8. The van der Waals surface area contributed by atoms with E-state index in [9.17, 15) is 27.5 Å². The fraction of sp³-hybridized carbons (Fsp3) is 0.143. The van der Waals surface area contributed by atoms with Crippen LogP contribution in [0.3, 0.4) is 0 Å². The fourth-order valence-corrected chi connectivity index (χ4v) is 4.80. The molecule has 42 heavy (non-hydrogen) atoms. The zero-order valence-electron chi connectivity index (χ0n) is 21.8. The van der Waals surface area contributed by atoms with Crippen molar-refractivity contribution in [2.45, 2.75) is 19.6 Å². The zero-order valence-corrected chi connectivity index (χ0v) is 22.6. The molecular formula is C28H22F4N6O3S. The molecule has 2 N–H and O–H groups in total. The van der Waals surface area contributed by atoms with Gasteiger partial charge in [0.05, 0.1) is 17.1 Å². The van der Waals surface area contributed by atoms with E-state index in [0.29, 0.717) is 17.2 Å². The number of amidine groups is 1. The summed E-state index contributed by atoms with van der Waals surface area (Å²) < 4.78 is 56.7. The highest BCUT2D eigenvalue weighted by molar-refractivity contribution is 8.15. The van der Waals surface area contributed by atoms with Crippen LogP contribution in [0.25, 0.3) is 17.8 Å². The number of aromatic nitrogens is 3. The molecule has 1 atom stereocenters. The van der Waals surface area contributed by atoms with Crippen LogP contribution < -0.4 is 15.0 Å². The predicted molar refractivity (Wildman–Crippen MR) is 152 cm³/mol. The molecule has 3 aromatic carbocycles. The van der Waals surface area contributed by atoms with Crippen LogP contribution in [-0.2, 0) is 4.79 Å². The van der Waals surface area contributed by atoms with Crippen LogP contribution in [0.2, 0.25) is 0 Å². The number of carbonyl (C=O) groups excluding carboxylic acids is 1. The Morgan fingerprint density at radius 2 is 1.83 bits per heavy atom. The van der Waals surface area contributed by atoms with Crippen molar-refractivity contribution >= 4 is 46.4 Å². The minimum absolute atomic E-state index is 0.0796. The number of amides is 1. The predicted octanol–water partition coefficient (Wildman–Crippen LogP) is 5.61. The molecule has 1 unspecified atom stereocenters. The highest BCUT2D eigenvalue weighted by Gasteiger charge is 2.32. The number of halogens is 4. The Balaban J connectivity index is 1.20. The third-order valence-corrected chi connectivity index (χ3v) is 6.75. The quantitative estimate of drug-likeness (QED) is 0.201. The van der Waals surface area contributed by atoms with E-state index in [1.807, 2.05) is 0 Å². The minimum atomic E-state index is -4.77. The van der Waals surface area contributed by atoms with Gasteiger partial charge in [0, 0.05) is 5.69 Å². The molecule has 1 saturated heterocycles. The van der Waals surface area contributed by atoms with Gasteiger partial charge in [0.1, 0.15) is 17.9 Å². The highest BCUT2D eigenvalue weighted by Crippen LogP contribution is 2.30. The molecule has 0 bridgehead atoms. The van der Waals surface area contributed by atoms with Gasteiger partial charge in [0.2, 0.25) is 12.3 Å². The molecule has 0 aliphatic carbocycles. The first kappa shape index (κ1) is 28.8. The zero-order chi connectivity index (χ0) is 29.9. The molecule has 0 spiro atoms. The topological polar surface area (TPSA) is 105 Å². The standard InChI is InChI=1S/C28H22F4N6O3S/c1-17-2-12-22(29)23(14-17)38-25(39)15-42-27(38)35-26(40)34-19-6-3-18(4-7-19)5-13-24-33-16-37(36-24)20-8-10-21(11-9-20)41-28(30,31)32/h2-14,16,26,34,40H,15H2,1H3/b13-5+,35-27?. The average Bonchev–Trinajstić information content (AvgIpc) is 3.56. The maximum atomic E-state index is 14.4. The van der Waals surface area contributed by atoms with Crippen LogP contribution >= 0.6 is 11.8 Å². The number of ether oxygens (including phenoxy) is 1. The largest absolute Gasteiger partial charge is 0.573 e. The second-order valence-corrected chi connectivity index (χ2v) is 9.89. The third-order valence-electron chi connectivity index (χ3n) is 5.82. The number of aliphatic imine (C=N–C) groups is 1. The van der Waals surface area contributed by atoms with E-state index in [4.69, 9.17) is 0 Å². The summed E-state index contributed by atoms with van der Waals surface area (Å²) in [5.74, 6) is -0.782. The Morgan fingerprint density at radius 1 is 1.10 bits per heavy atom. The Hall–Kier alpha value is -4.69. The number of aliphatic hydroxyl groups is 1. The molecule has 14 heteroatoms. The van der Waals surface area contributed by atoms with Crippen molar-refractivity contribution in [2.24, 2.45) is 4.99 Å². The number of hydrogen-bond donors (Lipinski definition) is 2. The summed E-state index contributed by atoms with van der Waals surface area (Å²) in [6.07, 6.45) is -1.31. The normalized spacial score (nSPS) is 15.5. The van der Waals surface area contributed by atoms with Crippen LogP contribution in [0.15, 0.2) is 78.0 Å². The van der Waals surface area contributed by atoms with E-state index >= 15 is 0 Å². The van der Waals surface area contributed by atoms with Crippen LogP contribution in [0, 0.1) is 12.7 Å². The number of aliphatic hydroxyl groups excluding tert-OH is 1. The van der Waals surface area contributed by atoms with Crippen LogP contribution in [0.5, 0.6) is 5.75 Å². The van der Waals surface area contributed by atoms with E-state index in [2.05, 4.69) is 25.1 Å². The maximum absolute atomic E-state index is 14.4. The molecular weight excluding hydrogens is 576 g/mol. The lowest BCUT2D eigenvalue weighted by Gasteiger charge is -2.19. The Kier molecular flexibility index (Phi) is 8.27. The van der Waals surface area contributed by atoms with Gasteiger partial charge < -0.3 is 15.2 Å². The SMILES string of the molecule is Cc1ccc(F)c(N2C(=O)CSC2=NC(O)Nc2ccc(/C=C/c3ncn(-c4ccc(OC(F)(F)F)cc4)n3)cc2)c1. The van der Waals surface area contributed by atoms with Gasteiger partial charge in [-0.2, -0.15) is 0 Å². The van der Waals surface area contributed by atoms with Gasteiger partial charge in [-0.3, -0.25) is 9.69 Å². The lowest BCUT2D eigenvalue weighted by Crippen LogP contribution is -2.32. The molecule has 1 aliphatic rings. The van der Waals surface area contributed by atoms with Crippen molar-refractivity contribution in [1.29, 1.82) is 0 Å². The number of hydrogen-bond acceptors (Lipinski definition) is 8. The number of benzene rings is 3.